The molecule has 2 heterocycles. The van der Waals surface area contributed by atoms with E-state index in [2.05, 4.69) is 39.9 Å². The van der Waals surface area contributed by atoms with Gasteiger partial charge >= 0.3 is 0 Å². The topological polar surface area (TPSA) is 69.6 Å². The molecule has 1 aromatic carbocycles. The number of rotatable bonds is 5. The maximum Gasteiger partial charge on any atom is 0.195 e. The number of nitrogens with zero attached hydrogens (tertiary/aromatic N) is 4. The molecule has 23 heavy (non-hydrogen) atoms. The third-order valence-corrected chi connectivity index (χ3v) is 4.53. The molecule has 0 radical (unpaired) electrons. The fourth-order valence-corrected chi connectivity index (χ4v) is 3.11. The molecule has 1 aromatic rings. The van der Waals surface area contributed by atoms with Gasteiger partial charge in [0.15, 0.2) is 22.5 Å². The summed E-state index contributed by atoms with van der Waals surface area (Å²) in [4.78, 5) is 14.5. The number of imidazole rings is 1. The first-order chi connectivity index (χ1) is 11.2. The summed E-state index contributed by atoms with van der Waals surface area (Å²) in [5.74, 6) is 3.80. The number of fused-ring (bicyclic) bond motifs is 1. The van der Waals surface area contributed by atoms with E-state index in [4.69, 9.17) is 12.2 Å². The van der Waals surface area contributed by atoms with Crippen LogP contribution in [-0.2, 0) is 6.54 Å². The molecule has 116 valence electrons. The zero-order chi connectivity index (χ0) is 16.2. The van der Waals surface area contributed by atoms with Crippen molar-refractivity contribution in [3.63, 3.8) is 0 Å². The van der Waals surface area contributed by atoms with Crippen LogP contribution in [0, 0.1) is 19.3 Å². The molecule has 0 aromatic heterocycles. The first kappa shape index (κ1) is 15.4. The Bertz CT molecular complexity index is 833. The summed E-state index contributed by atoms with van der Waals surface area (Å²) in [6.07, 6.45) is 8.60. The van der Waals surface area contributed by atoms with Crippen LogP contribution in [0.1, 0.15) is 18.4 Å². The van der Waals surface area contributed by atoms with Crippen molar-refractivity contribution in [2.45, 2.75) is 36.4 Å². The normalized spacial score (nSPS) is 10.8. The highest BCUT2D eigenvalue weighted by atomic mass is 32.2. The molecule has 0 aliphatic carbocycles. The average Bonchev–Trinajstić information content (AvgIpc) is 2.97. The lowest BCUT2D eigenvalue weighted by molar-refractivity contribution is 0.638. The number of aryl methyl sites for hydroxylation is 2. The Hall–Kier alpha value is -2.52. The number of benzene rings is 1. The van der Waals surface area contributed by atoms with E-state index in [9.17, 15) is 0 Å². The molecule has 6 heteroatoms. The van der Waals surface area contributed by atoms with E-state index in [-0.39, 0.29) is 0 Å². The monoisotopic (exact) mass is 323 g/mol. The fourth-order valence-electron chi connectivity index (χ4n) is 2.26. The highest BCUT2D eigenvalue weighted by molar-refractivity contribution is 7.99. The Morgan fingerprint density at radius 3 is 2.91 bits per heavy atom. The van der Waals surface area contributed by atoms with Crippen molar-refractivity contribution < 1.29 is 0 Å². The van der Waals surface area contributed by atoms with Gasteiger partial charge in [-0.3, -0.25) is 0 Å². The first-order valence-corrected chi connectivity index (χ1v) is 8.16. The molecule has 2 aliphatic rings. The first-order valence-electron chi connectivity index (χ1n) is 7.34. The van der Waals surface area contributed by atoms with Crippen LogP contribution in [0.25, 0.3) is 11.5 Å². The minimum Gasteiger partial charge on any atom is -0.382 e. The van der Waals surface area contributed by atoms with Crippen LogP contribution in [0.2, 0.25) is 0 Å². The van der Waals surface area contributed by atoms with Crippen LogP contribution >= 0.6 is 11.8 Å². The van der Waals surface area contributed by atoms with Crippen molar-refractivity contribution in [2.75, 3.05) is 5.73 Å². The Morgan fingerprint density at radius 1 is 1.30 bits per heavy atom. The van der Waals surface area contributed by atoms with Gasteiger partial charge in [-0.1, -0.05) is 18.2 Å². The molecule has 0 unspecified atom stereocenters. The highest BCUT2D eigenvalue weighted by Crippen LogP contribution is 2.33. The fraction of sp³-hybridized carbons (Fsp3) is 0.235. The molecule has 0 spiro atoms. The van der Waals surface area contributed by atoms with E-state index in [1.165, 1.54) is 17.3 Å². The lowest BCUT2D eigenvalue weighted by atomic mass is 10.2. The van der Waals surface area contributed by atoms with Gasteiger partial charge in [0.05, 0.1) is 6.33 Å². The largest absolute Gasteiger partial charge is 0.382 e. The van der Waals surface area contributed by atoms with Crippen LogP contribution in [0.4, 0.5) is 5.82 Å². The zero-order valence-electron chi connectivity index (χ0n) is 12.9. The van der Waals surface area contributed by atoms with E-state index in [0.717, 1.165) is 30.1 Å². The zero-order valence-corrected chi connectivity index (χ0v) is 13.7. The van der Waals surface area contributed by atoms with E-state index in [1.54, 1.807) is 6.33 Å². The molecular weight excluding hydrogens is 306 g/mol. The summed E-state index contributed by atoms with van der Waals surface area (Å²) >= 11 is 1.53. The molecule has 2 N–H and O–H groups in total. The second-order valence-corrected chi connectivity index (χ2v) is 6.19. The van der Waals surface area contributed by atoms with Gasteiger partial charge in [-0.25, -0.2) is 15.0 Å². The Kier molecular flexibility index (Phi) is 4.49. The van der Waals surface area contributed by atoms with E-state index in [1.807, 2.05) is 16.7 Å². The number of nitrogens with two attached hydrogens (primary N) is 1. The van der Waals surface area contributed by atoms with Crippen molar-refractivity contribution in [2.24, 2.45) is 0 Å². The van der Waals surface area contributed by atoms with Crippen molar-refractivity contribution in [1.82, 2.24) is 19.5 Å². The van der Waals surface area contributed by atoms with Gasteiger partial charge in [-0.15, -0.1) is 12.3 Å². The smallest absolute Gasteiger partial charge is 0.195 e. The minimum absolute atomic E-state index is 0.400. The summed E-state index contributed by atoms with van der Waals surface area (Å²) < 4.78 is 1.96. The SMILES string of the molecule is C#CCCCn1cnc(N)c2nc(Sc3ccccc3C)nc1-2. The van der Waals surface area contributed by atoms with Gasteiger partial charge < -0.3 is 10.3 Å². The van der Waals surface area contributed by atoms with E-state index >= 15 is 0 Å². The molecule has 0 saturated carbocycles. The van der Waals surface area contributed by atoms with Crippen molar-refractivity contribution in [3.05, 3.63) is 36.2 Å². The third-order valence-electron chi connectivity index (χ3n) is 3.49. The molecule has 0 fully saturated rings. The lowest BCUT2D eigenvalue weighted by Gasteiger charge is -2.09. The van der Waals surface area contributed by atoms with Crippen LogP contribution in [0.5, 0.6) is 0 Å². The number of hydrogen-bond acceptors (Lipinski definition) is 5. The molecule has 0 amide bonds. The van der Waals surface area contributed by atoms with E-state index in [0.29, 0.717) is 16.7 Å². The summed E-state index contributed by atoms with van der Waals surface area (Å²) in [5.41, 5.74) is 7.78. The molecule has 0 bridgehead atoms. The number of terminal acetylenes is 1. The van der Waals surface area contributed by atoms with Gasteiger partial charge in [0.25, 0.3) is 0 Å². The van der Waals surface area contributed by atoms with Gasteiger partial charge in [0.1, 0.15) is 0 Å². The van der Waals surface area contributed by atoms with Crippen molar-refractivity contribution in [1.29, 1.82) is 0 Å². The predicted octanol–water partition coefficient (Wildman–Crippen LogP) is 3.23. The highest BCUT2D eigenvalue weighted by Gasteiger charge is 2.19. The minimum atomic E-state index is 0.400. The van der Waals surface area contributed by atoms with Gasteiger partial charge in [0.2, 0.25) is 0 Å². The third kappa shape index (κ3) is 3.30. The quantitative estimate of drug-likeness (QED) is 0.576. The second-order valence-electron chi connectivity index (χ2n) is 5.18. The van der Waals surface area contributed by atoms with Crippen molar-refractivity contribution >= 4 is 17.6 Å². The van der Waals surface area contributed by atoms with Crippen LogP contribution in [0.15, 0.2) is 40.6 Å². The number of nitrogen functional groups attached to an aromatic ring is 1. The second kappa shape index (κ2) is 6.71. The molecule has 5 nitrogen and oxygen atoms in total. The van der Waals surface area contributed by atoms with Crippen LogP contribution < -0.4 is 5.73 Å². The summed E-state index contributed by atoms with van der Waals surface area (Å²) in [6, 6.07) is 8.15. The maximum atomic E-state index is 5.95. The maximum absolute atomic E-state index is 5.95. The standard InChI is InChI=1S/C17H17N5S/c1-3-4-7-10-22-11-19-15(18)14-16(22)21-17(20-14)23-13-9-6-5-8-12(13)2/h1,5-6,8-9,11H,4,7,10,18H2,2H3. The van der Waals surface area contributed by atoms with Gasteiger partial charge in [-0.05, 0) is 36.7 Å². The van der Waals surface area contributed by atoms with Crippen molar-refractivity contribution in [3.8, 4) is 23.9 Å². The molecular formula is C17H17N5S. The van der Waals surface area contributed by atoms with E-state index < -0.39 is 0 Å². The summed E-state index contributed by atoms with van der Waals surface area (Å²) in [7, 11) is 0. The number of hydrogen-bond donors (Lipinski definition) is 1. The van der Waals surface area contributed by atoms with Crippen LogP contribution in [-0.4, -0.2) is 19.5 Å². The Labute approximate surface area is 139 Å². The molecule has 2 aliphatic heterocycles. The summed E-state index contributed by atoms with van der Waals surface area (Å²) in [6.45, 7) is 2.82. The van der Waals surface area contributed by atoms with Gasteiger partial charge in [0, 0.05) is 17.9 Å². The Balaban J connectivity index is 1.92. The lowest BCUT2D eigenvalue weighted by Crippen LogP contribution is -2.08. The number of aromatic nitrogens is 4. The molecule has 0 atom stereocenters. The number of anilines is 1. The Morgan fingerprint density at radius 2 is 2.13 bits per heavy atom. The number of unbranched alkanes of at least 4 members (excludes halogenated alkanes) is 1. The average molecular weight is 323 g/mol. The predicted molar refractivity (Wildman–Crippen MR) is 92.2 cm³/mol. The summed E-state index contributed by atoms with van der Waals surface area (Å²) in [5, 5.41) is 0.680. The molecule has 0 saturated heterocycles. The molecule has 3 rings (SSSR count). The van der Waals surface area contributed by atoms with Crippen LogP contribution in [0.3, 0.4) is 0 Å². The van der Waals surface area contributed by atoms with Gasteiger partial charge in [-0.2, -0.15) is 0 Å².